The van der Waals surface area contributed by atoms with Gasteiger partial charge < -0.3 is 19.1 Å². The average Bonchev–Trinajstić information content (AvgIpc) is 3.25. The first-order valence-corrected chi connectivity index (χ1v) is 12.8. The molecule has 0 N–H and O–H groups in total. The van der Waals surface area contributed by atoms with Crippen LogP contribution in [0.5, 0.6) is 17.2 Å². The van der Waals surface area contributed by atoms with E-state index in [1.807, 2.05) is 50.5 Å². The number of unbranched alkanes of at least 4 members (excludes halogenated alkanes) is 2. The van der Waals surface area contributed by atoms with E-state index in [4.69, 9.17) is 19.2 Å². The zero-order valence-corrected chi connectivity index (χ0v) is 22.3. The van der Waals surface area contributed by atoms with Gasteiger partial charge in [0.1, 0.15) is 19.0 Å². The van der Waals surface area contributed by atoms with Crippen molar-refractivity contribution in [1.29, 1.82) is 0 Å². The van der Waals surface area contributed by atoms with E-state index in [2.05, 4.69) is 11.8 Å². The molecule has 1 aliphatic heterocycles. The lowest BCUT2D eigenvalue weighted by Gasteiger charge is -2.21. The largest absolute Gasteiger partial charge is 0.494 e. The van der Waals surface area contributed by atoms with E-state index in [-0.39, 0.29) is 18.3 Å². The Morgan fingerprint density at radius 2 is 1.83 bits per heavy atom. The monoisotopic (exact) mass is 519 g/mol. The van der Waals surface area contributed by atoms with E-state index in [1.54, 1.807) is 4.90 Å². The molecule has 3 aromatic rings. The molecule has 0 spiro atoms. The highest BCUT2D eigenvalue weighted by atomic mass is 35.5. The third-order valence-corrected chi connectivity index (χ3v) is 6.64. The number of carbonyl (C=O) groups is 1. The maximum atomic E-state index is 13.7. The first kappa shape index (κ1) is 27.0. The maximum Gasteiger partial charge on any atom is 0.260 e. The van der Waals surface area contributed by atoms with Crippen molar-refractivity contribution in [2.75, 3.05) is 51.9 Å². The summed E-state index contributed by atoms with van der Waals surface area (Å²) in [7, 11) is 4.07. The van der Waals surface area contributed by atoms with Gasteiger partial charge in [-0.05, 0) is 51.7 Å². The van der Waals surface area contributed by atoms with Gasteiger partial charge in [-0.2, -0.15) is 0 Å². The van der Waals surface area contributed by atoms with Crippen molar-refractivity contribution in [2.24, 2.45) is 0 Å². The number of carbonyl (C=O) groups excluding carboxylic acids is 1. The summed E-state index contributed by atoms with van der Waals surface area (Å²) in [6.07, 6.45) is 4.13. The van der Waals surface area contributed by atoms with Crippen LogP contribution in [0.15, 0.2) is 36.4 Å². The lowest BCUT2D eigenvalue weighted by molar-refractivity contribution is 0.0985. The van der Waals surface area contributed by atoms with Gasteiger partial charge in [0, 0.05) is 24.2 Å². The Kier molecular flexibility index (Phi) is 10.0. The molecule has 0 radical (unpaired) electrons. The molecular weight excluding hydrogens is 486 g/mol. The van der Waals surface area contributed by atoms with Gasteiger partial charge in [-0.1, -0.05) is 37.2 Å². The van der Waals surface area contributed by atoms with E-state index < -0.39 is 0 Å². The molecule has 0 saturated carbocycles. The van der Waals surface area contributed by atoms with Crippen LogP contribution in [0.25, 0.3) is 10.2 Å². The fourth-order valence-electron chi connectivity index (χ4n) is 3.81. The van der Waals surface area contributed by atoms with E-state index in [0.29, 0.717) is 42.8 Å². The SMILES string of the molecule is CCCCCOc1cccc(C(=O)N(CCCN(C)C)c2nc3cc4c(cc3s2)OCCO4)c1.Cl. The van der Waals surface area contributed by atoms with Crippen LogP contribution in [0, 0.1) is 0 Å². The molecule has 1 aromatic heterocycles. The second-order valence-corrected chi connectivity index (χ2v) is 9.67. The Labute approximate surface area is 217 Å². The number of rotatable bonds is 11. The van der Waals surface area contributed by atoms with Gasteiger partial charge in [-0.25, -0.2) is 4.98 Å². The maximum absolute atomic E-state index is 13.7. The molecule has 7 nitrogen and oxygen atoms in total. The molecule has 0 saturated heterocycles. The summed E-state index contributed by atoms with van der Waals surface area (Å²) in [5.41, 5.74) is 1.41. The van der Waals surface area contributed by atoms with E-state index in [9.17, 15) is 4.79 Å². The number of fused-ring (bicyclic) bond motifs is 2. The fourth-order valence-corrected chi connectivity index (χ4v) is 4.81. The second-order valence-electron chi connectivity index (χ2n) is 8.66. The van der Waals surface area contributed by atoms with Gasteiger partial charge in [0.05, 0.1) is 16.8 Å². The number of ether oxygens (including phenoxy) is 3. The van der Waals surface area contributed by atoms with Crippen molar-refractivity contribution < 1.29 is 19.0 Å². The molecule has 2 aromatic carbocycles. The summed E-state index contributed by atoms with van der Waals surface area (Å²) in [5, 5.41) is 0.676. The van der Waals surface area contributed by atoms with Crippen molar-refractivity contribution in [3.05, 3.63) is 42.0 Å². The summed E-state index contributed by atoms with van der Waals surface area (Å²) in [4.78, 5) is 22.4. The first-order chi connectivity index (χ1) is 16.5. The predicted octanol–water partition coefficient (Wildman–Crippen LogP) is 5.66. The number of amides is 1. The minimum Gasteiger partial charge on any atom is -0.494 e. The number of hydrogen-bond acceptors (Lipinski definition) is 7. The Bertz CT molecular complexity index is 1080. The first-order valence-electron chi connectivity index (χ1n) is 11.9. The molecule has 0 atom stereocenters. The summed E-state index contributed by atoms with van der Waals surface area (Å²) < 4.78 is 18.3. The molecule has 2 heterocycles. The third-order valence-electron chi connectivity index (χ3n) is 5.60. The lowest BCUT2D eigenvalue weighted by Crippen LogP contribution is -2.33. The number of halogens is 1. The van der Waals surface area contributed by atoms with E-state index >= 15 is 0 Å². The topological polar surface area (TPSA) is 64.1 Å². The molecule has 9 heteroatoms. The van der Waals surface area contributed by atoms with Crippen molar-refractivity contribution in [3.63, 3.8) is 0 Å². The number of benzene rings is 2. The molecule has 0 bridgehead atoms. The van der Waals surface area contributed by atoms with Gasteiger partial charge in [0.2, 0.25) is 0 Å². The van der Waals surface area contributed by atoms with Crippen LogP contribution < -0.4 is 19.1 Å². The molecule has 0 aliphatic carbocycles. The second kappa shape index (κ2) is 13.0. The van der Waals surface area contributed by atoms with Gasteiger partial charge in [0.25, 0.3) is 5.91 Å². The number of anilines is 1. The summed E-state index contributed by atoms with van der Waals surface area (Å²) >= 11 is 1.50. The van der Waals surface area contributed by atoms with Gasteiger partial charge >= 0.3 is 0 Å². The highest BCUT2D eigenvalue weighted by molar-refractivity contribution is 7.22. The van der Waals surface area contributed by atoms with Crippen LogP contribution in [0.4, 0.5) is 5.13 Å². The molecule has 4 rings (SSSR count). The normalized spacial score (nSPS) is 12.5. The molecule has 1 aliphatic rings. The van der Waals surface area contributed by atoms with E-state index in [1.165, 1.54) is 11.3 Å². The minimum atomic E-state index is -0.0749. The smallest absolute Gasteiger partial charge is 0.260 e. The summed E-state index contributed by atoms with van der Waals surface area (Å²) in [5.74, 6) is 2.08. The van der Waals surface area contributed by atoms with Crippen molar-refractivity contribution in [3.8, 4) is 17.2 Å². The van der Waals surface area contributed by atoms with Gasteiger partial charge in [-0.15, -0.1) is 12.4 Å². The number of thiazole rings is 1. The highest BCUT2D eigenvalue weighted by Crippen LogP contribution is 2.39. The highest BCUT2D eigenvalue weighted by Gasteiger charge is 2.23. The molecule has 190 valence electrons. The zero-order valence-electron chi connectivity index (χ0n) is 20.6. The summed E-state index contributed by atoms with van der Waals surface area (Å²) in [6.45, 7) is 5.35. The van der Waals surface area contributed by atoms with Crippen LogP contribution in [0.2, 0.25) is 0 Å². The Balaban J connectivity index is 0.00000342. The van der Waals surface area contributed by atoms with Crippen LogP contribution >= 0.6 is 23.7 Å². The fraction of sp³-hybridized carbons (Fsp3) is 0.462. The Hall–Kier alpha value is -2.55. The zero-order chi connectivity index (χ0) is 23.9. The Morgan fingerprint density at radius 1 is 1.06 bits per heavy atom. The van der Waals surface area contributed by atoms with E-state index in [0.717, 1.165) is 53.9 Å². The standard InChI is InChI=1S/C26H33N3O4S.ClH/c1-4-5-6-13-31-20-10-7-9-19(16-20)25(30)29(12-8-11-28(2)3)26-27-21-17-22-23(18-24(21)34-26)33-15-14-32-22;/h7,9-10,16-18H,4-6,8,11-15H2,1-3H3;1H. The third kappa shape index (κ3) is 6.99. The summed E-state index contributed by atoms with van der Waals surface area (Å²) in [6, 6.07) is 11.3. The number of hydrogen-bond donors (Lipinski definition) is 0. The number of aromatic nitrogens is 1. The van der Waals surface area contributed by atoms with Gasteiger partial charge in [0.15, 0.2) is 16.6 Å². The molecule has 1 amide bonds. The predicted molar refractivity (Wildman–Crippen MR) is 144 cm³/mol. The lowest BCUT2D eigenvalue weighted by atomic mass is 10.2. The van der Waals surface area contributed by atoms with Crippen LogP contribution in [0.3, 0.4) is 0 Å². The molecule has 0 unspecified atom stereocenters. The van der Waals surface area contributed by atoms with Crippen LogP contribution in [-0.4, -0.2) is 62.8 Å². The minimum absolute atomic E-state index is 0. The molecular formula is C26H34ClN3O4S. The van der Waals surface area contributed by atoms with Crippen molar-refractivity contribution in [2.45, 2.75) is 32.6 Å². The van der Waals surface area contributed by atoms with Crippen LogP contribution in [-0.2, 0) is 0 Å². The van der Waals surface area contributed by atoms with Crippen LogP contribution in [0.1, 0.15) is 43.0 Å². The average molecular weight is 520 g/mol. The van der Waals surface area contributed by atoms with Crippen molar-refractivity contribution in [1.82, 2.24) is 9.88 Å². The molecule has 0 fully saturated rings. The van der Waals surface area contributed by atoms with Gasteiger partial charge in [-0.3, -0.25) is 9.69 Å². The molecule has 35 heavy (non-hydrogen) atoms. The number of nitrogens with zero attached hydrogens (tertiary/aromatic N) is 3. The van der Waals surface area contributed by atoms with Crippen molar-refractivity contribution >= 4 is 45.0 Å². The quantitative estimate of drug-likeness (QED) is 0.305. The Morgan fingerprint density at radius 3 is 2.57 bits per heavy atom.